The van der Waals surface area contributed by atoms with Crippen molar-refractivity contribution < 1.29 is 17.9 Å². The van der Waals surface area contributed by atoms with Crippen LogP contribution in [0.25, 0.3) is 0 Å². The Kier molecular flexibility index (Phi) is 6.00. The van der Waals surface area contributed by atoms with Gasteiger partial charge < -0.3 is 14.6 Å². The lowest BCUT2D eigenvalue weighted by molar-refractivity contribution is -0.137. The van der Waals surface area contributed by atoms with Crippen molar-refractivity contribution in [2.75, 3.05) is 33.0 Å². The van der Waals surface area contributed by atoms with Crippen LogP contribution in [0, 0.1) is 5.92 Å². The lowest BCUT2D eigenvalue weighted by Crippen LogP contribution is -2.39. The summed E-state index contributed by atoms with van der Waals surface area (Å²) in [6, 6.07) is 0. The maximum absolute atomic E-state index is 13.0. The summed E-state index contributed by atoms with van der Waals surface area (Å²) in [6.45, 7) is 1.60. The number of nitrogens with one attached hydrogen (secondary N) is 1. The average molecular weight is 439 g/mol. The van der Waals surface area contributed by atoms with Crippen LogP contribution in [-0.2, 0) is 32.5 Å². The van der Waals surface area contributed by atoms with E-state index in [0.29, 0.717) is 43.1 Å². The largest absolute Gasteiger partial charge is 0.381 e. The van der Waals surface area contributed by atoms with E-state index in [-0.39, 0.29) is 36.0 Å². The molecule has 1 aromatic heterocycles. The Balaban J connectivity index is 1.47. The number of fused-ring (bicyclic) bond motifs is 1. The first-order valence-electron chi connectivity index (χ1n) is 10.6. The molecule has 0 spiro atoms. The molecule has 3 heterocycles. The number of sulfonamides is 1. The van der Waals surface area contributed by atoms with E-state index in [1.54, 1.807) is 7.11 Å². The molecule has 0 radical (unpaired) electrons. The molecule has 2 fully saturated rings. The van der Waals surface area contributed by atoms with Crippen molar-refractivity contribution >= 4 is 15.9 Å². The number of methoxy groups -OCH3 is 1. The van der Waals surface area contributed by atoms with Crippen LogP contribution >= 0.6 is 0 Å². The average Bonchev–Trinajstić information content (AvgIpc) is 3.22. The zero-order valence-electron chi connectivity index (χ0n) is 17.6. The molecule has 10 heteroatoms. The van der Waals surface area contributed by atoms with E-state index in [1.165, 1.54) is 10.6 Å². The van der Waals surface area contributed by atoms with Crippen LogP contribution in [0.1, 0.15) is 55.1 Å². The van der Waals surface area contributed by atoms with Gasteiger partial charge >= 0.3 is 0 Å². The zero-order chi connectivity index (χ0) is 21.5. The molecule has 2 aliphatic heterocycles. The van der Waals surface area contributed by atoms with Gasteiger partial charge in [-0.25, -0.2) is 13.4 Å². The van der Waals surface area contributed by atoms with Gasteiger partial charge in [-0.1, -0.05) is 6.42 Å². The summed E-state index contributed by atoms with van der Waals surface area (Å²) < 4.78 is 30.6. The molecule has 0 bridgehead atoms. The Bertz CT molecular complexity index is 976. The molecule has 0 aromatic carbocycles. The molecule has 1 N–H and O–H groups in total. The van der Waals surface area contributed by atoms with Crippen molar-refractivity contribution in [3.05, 3.63) is 27.4 Å². The Morgan fingerprint density at radius 1 is 1.23 bits per heavy atom. The van der Waals surface area contributed by atoms with Gasteiger partial charge in [0.2, 0.25) is 15.9 Å². The molecule has 3 aliphatic rings. The van der Waals surface area contributed by atoms with Crippen LogP contribution in [-0.4, -0.2) is 72.6 Å². The molecule has 1 saturated heterocycles. The van der Waals surface area contributed by atoms with Gasteiger partial charge in [0, 0.05) is 44.1 Å². The summed E-state index contributed by atoms with van der Waals surface area (Å²) in [7, 11) is -1.63. The Morgan fingerprint density at radius 3 is 2.77 bits per heavy atom. The van der Waals surface area contributed by atoms with Crippen LogP contribution in [0.4, 0.5) is 0 Å². The van der Waals surface area contributed by atoms with Crippen molar-refractivity contribution in [3.8, 4) is 0 Å². The molecule has 166 valence electrons. The third-order valence-electron chi connectivity index (χ3n) is 6.72. The van der Waals surface area contributed by atoms with Crippen molar-refractivity contribution in [2.24, 2.45) is 5.92 Å². The number of hydrogen-bond acceptors (Lipinski definition) is 6. The molecule has 30 heavy (non-hydrogen) atoms. The quantitative estimate of drug-likeness (QED) is 0.737. The summed E-state index contributed by atoms with van der Waals surface area (Å²) in [5.41, 5.74) is 0.908. The number of ether oxygens (including phenoxy) is 1. The van der Waals surface area contributed by atoms with Crippen molar-refractivity contribution in [3.63, 3.8) is 0 Å². The van der Waals surface area contributed by atoms with Gasteiger partial charge in [0.1, 0.15) is 5.82 Å². The minimum atomic E-state index is -3.33. The molecular formula is C20H30N4O5S. The lowest BCUT2D eigenvalue weighted by Gasteiger charge is -2.30. The highest BCUT2D eigenvalue weighted by molar-refractivity contribution is 7.88. The first-order valence-corrected chi connectivity index (χ1v) is 12.5. The van der Waals surface area contributed by atoms with E-state index in [1.807, 2.05) is 4.90 Å². The number of nitrogens with zero attached hydrogens (tertiary/aromatic N) is 3. The Labute approximate surface area is 176 Å². The van der Waals surface area contributed by atoms with E-state index in [2.05, 4.69) is 9.97 Å². The molecule has 0 unspecified atom stereocenters. The fourth-order valence-electron chi connectivity index (χ4n) is 4.94. The third-order valence-corrected chi connectivity index (χ3v) is 7.97. The molecule has 1 aliphatic carbocycles. The third kappa shape index (κ3) is 4.31. The van der Waals surface area contributed by atoms with E-state index >= 15 is 0 Å². The van der Waals surface area contributed by atoms with Crippen LogP contribution in [0.5, 0.6) is 0 Å². The highest BCUT2D eigenvalue weighted by Crippen LogP contribution is 2.31. The zero-order valence-corrected chi connectivity index (χ0v) is 18.4. The number of aromatic nitrogens is 2. The standard InChI is InChI=1S/C20H30N4O5S/c1-29-15-5-3-4-13(10-15)20(26)23-8-6-14(11-23)18-21-17-12-24(30(2,27)28)9-7-16(17)19(25)22-18/h13-15H,3-12H2,1-2H3,(H,21,22,25)/t13-,14-,15-/m0/s1. The summed E-state index contributed by atoms with van der Waals surface area (Å²) in [5.74, 6) is 0.689. The monoisotopic (exact) mass is 438 g/mol. The number of hydrogen-bond donors (Lipinski definition) is 1. The van der Waals surface area contributed by atoms with Gasteiger partial charge in [-0.05, 0) is 32.1 Å². The molecule has 3 atom stereocenters. The number of amides is 1. The van der Waals surface area contributed by atoms with Gasteiger partial charge in [-0.15, -0.1) is 0 Å². The van der Waals surface area contributed by atoms with E-state index in [4.69, 9.17) is 4.74 Å². The second kappa shape index (κ2) is 8.39. The predicted octanol–water partition coefficient (Wildman–Crippen LogP) is 0.609. The molecular weight excluding hydrogens is 408 g/mol. The summed E-state index contributed by atoms with van der Waals surface area (Å²) in [5, 5.41) is 0. The van der Waals surface area contributed by atoms with Crippen LogP contribution in [0.15, 0.2) is 4.79 Å². The Hall–Kier alpha value is -1.78. The topological polar surface area (TPSA) is 113 Å². The van der Waals surface area contributed by atoms with Crippen LogP contribution < -0.4 is 5.56 Å². The maximum atomic E-state index is 13.0. The number of likely N-dealkylation sites (tertiary alicyclic amines) is 1. The molecule has 1 saturated carbocycles. The van der Waals surface area contributed by atoms with E-state index < -0.39 is 10.0 Å². The van der Waals surface area contributed by atoms with Gasteiger partial charge in [0.15, 0.2) is 0 Å². The van der Waals surface area contributed by atoms with Crippen molar-refractivity contribution in [1.82, 2.24) is 19.2 Å². The summed E-state index contributed by atoms with van der Waals surface area (Å²) in [4.78, 5) is 35.0. The van der Waals surface area contributed by atoms with Gasteiger partial charge in [-0.3, -0.25) is 9.59 Å². The van der Waals surface area contributed by atoms with Gasteiger partial charge in [0.25, 0.3) is 5.56 Å². The number of H-pyrrole nitrogens is 1. The molecule has 1 amide bonds. The highest BCUT2D eigenvalue weighted by atomic mass is 32.2. The smallest absolute Gasteiger partial charge is 0.254 e. The number of carbonyl (C=O) groups excluding carboxylic acids is 1. The minimum Gasteiger partial charge on any atom is -0.381 e. The second-order valence-electron chi connectivity index (χ2n) is 8.71. The first-order chi connectivity index (χ1) is 14.3. The number of aromatic amines is 1. The maximum Gasteiger partial charge on any atom is 0.254 e. The van der Waals surface area contributed by atoms with Gasteiger partial charge in [0.05, 0.1) is 24.6 Å². The van der Waals surface area contributed by atoms with Gasteiger partial charge in [-0.2, -0.15) is 4.31 Å². The molecule has 4 rings (SSSR count). The van der Waals surface area contributed by atoms with E-state index in [0.717, 1.165) is 32.1 Å². The fraction of sp³-hybridized carbons (Fsp3) is 0.750. The normalized spacial score (nSPS) is 27.8. The summed E-state index contributed by atoms with van der Waals surface area (Å²) in [6.07, 6.45) is 6.11. The second-order valence-corrected chi connectivity index (χ2v) is 10.7. The molecule has 1 aromatic rings. The first kappa shape index (κ1) is 21.5. The minimum absolute atomic E-state index is 0.00121. The van der Waals surface area contributed by atoms with Crippen molar-refractivity contribution in [2.45, 2.75) is 57.1 Å². The summed E-state index contributed by atoms with van der Waals surface area (Å²) >= 11 is 0. The fourth-order valence-corrected chi connectivity index (χ4v) is 5.72. The number of carbonyl (C=O) groups is 1. The highest BCUT2D eigenvalue weighted by Gasteiger charge is 2.36. The van der Waals surface area contributed by atoms with E-state index in [9.17, 15) is 18.0 Å². The van der Waals surface area contributed by atoms with Crippen molar-refractivity contribution in [1.29, 1.82) is 0 Å². The Morgan fingerprint density at radius 2 is 2.03 bits per heavy atom. The molecule has 9 nitrogen and oxygen atoms in total. The lowest BCUT2D eigenvalue weighted by atomic mass is 9.86. The van der Waals surface area contributed by atoms with Crippen LogP contribution in [0.3, 0.4) is 0 Å². The number of rotatable bonds is 4. The van der Waals surface area contributed by atoms with Crippen LogP contribution in [0.2, 0.25) is 0 Å². The predicted molar refractivity (Wildman–Crippen MR) is 111 cm³/mol. The SMILES string of the molecule is CO[C@H]1CCC[C@H](C(=O)N2CC[C@H](c3nc4c(c(=O)[nH]3)CCN(S(C)(=O)=O)C4)C2)C1.